The summed E-state index contributed by atoms with van der Waals surface area (Å²) in [7, 11) is 0. The molecule has 0 spiro atoms. The van der Waals surface area contributed by atoms with Gasteiger partial charge in [0.25, 0.3) is 5.91 Å². The van der Waals surface area contributed by atoms with E-state index in [-0.39, 0.29) is 11.9 Å². The predicted octanol–water partition coefficient (Wildman–Crippen LogP) is 2.53. The standard InChI is InChI=1S/C19H24N6O2S/c1-14(2)17(18-20-21-22-25(18)13-15-5-4-12-28-15)23-7-9-24(10-8-23)19(26)16-6-3-11-27-16/h3-6,11-12,14,17H,7-10,13H2,1-2H3/t17-/m1/s1. The average molecular weight is 401 g/mol. The molecule has 0 unspecified atom stereocenters. The molecule has 4 rings (SSSR count). The number of piperazine rings is 1. The van der Waals surface area contributed by atoms with Crippen molar-refractivity contribution in [1.29, 1.82) is 0 Å². The van der Waals surface area contributed by atoms with Crippen molar-refractivity contribution in [1.82, 2.24) is 30.0 Å². The molecular formula is C19H24N6O2S. The quantitative estimate of drug-likeness (QED) is 0.633. The van der Waals surface area contributed by atoms with Crippen LogP contribution in [0.25, 0.3) is 0 Å². The number of rotatable bonds is 6. The van der Waals surface area contributed by atoms with Gasteiger partial charge in [0, 0.05) is 31.1 Å². The van der Waals surface area contributed by atoms with Gasteiger partial charge in [-0.3, -0.25) is 9.69 Å². The largest absolute Gasteiger partial charge is 0.459 e. The van der Waals surface area contributed by atoms with Crippen molar-refractivity contribution in [2.45, 2.75) is 26.4 Å². The van der Waals surface area contributed by atoms with Gasteiger partial charge in [-0.15, -0.1) is 16.4 Å². The van der Waals surface area contributed by atoms with E-state index < -0.39 is 0 Å². The molecule has 9 heteroatoms. The van der Waals surface area contributed by atoms with Crippen LogP contribution in [-0.4, -0.2) is 62.1 Å². The summed E-state index contributed by atoms with van der Waals surface area (Å²) in [6.45, 7) is 7.94. The second-order valence-corrected chi connectivity index (χ2v) is 8.30. The lowest BCUT2D eigenvalue weighted by molar-refractivity contribution is 0.0464. The van der Waals surface area contributed by atoms with Crippen LogP contribution in [0, 0.1) is 5.92 Å². The van der Waals surface area contributed by atoms with Gasteiger partial charge in [-0.2, -0.15) is 0 Å². The number of carbonyl (C=O) groups is 1. The molecule has 1 aliphatic rings. The fourth-order valence-corrected chi connectivity index (χ4v) is 4.41. The minimum Gasteiger partial charge on any atom is -0.459 e. The first-order chi connectivity index (χ1) is 13.6. The van der Waals surface area contributed by atoms with Gasteiger partial charge >= 0.3 is 0 Å². The van der Waals surface area contributed by atoms with E-state index in [4.69, 9.17) is 4.42 Å². The highest BCUT2D eigenvalue weighted by atomic mass is 32.1. The van der Waals surface area contributed by atoms with Gasteiger partial charge in [0.1, 0.15) is 0 Å². The molecule has 3 aromatic rings. The highest BCUT2D eigenvalue weighted by Crippen LogP contribution is 2.28. The number of tetrazole rings is 1. The third-order valence-corrected chi connectivity index (χ3v) is 5.93. The molecule has 0 N–H and O–H groups in total. The summed E-state index contributed by atoms with van der Waals surface area (Å²) in [5, 5.41) is 14.6. The number of aromatic nitrogens is 4. The highest BCUT2D eigenvalue weighted by molar-refractivity contribution is 7.09. The lowest BCUT2D eigenvalue weighted by atomic mass is 10.0. The fraction of sp³-hybridized carbons (Fsp3) is 0.474. The first kappa shape index (κ1) is 18.8. The number of hydrogen-bond acceptors (Lipinski definition) is 7. The van der Waals surface area contributed by atoms with E-state index >= 15 is 0 Å². The van der Waals surface area contributed by atoms with Crippen LogP contribution in [0.1, 0.15) is 41.1 Å². The van der Waals surface area contributed by atoms with Crippen LogP contribution in [0.15, 0.2) is 40.3 Å². The number of hydrogen-bond donors (Lipinski definition) is 0. The minimum atomic E-state index is -0.0479. The minimum absolute atomic E-state index is 0.0479. The van der Waals surface area contributed by atoms with E-state index in [9.17, 15) is 4.79 Å². The molecule has 1 aliphatic heterocycles. The molecule has 148 valence electrons. The lowest BCUT2D eigenvalue weighted by Crippen LogP contribution is -2.50. The molecule has 0 saturated carbocycles. The Morgan fingerprint density at radius 3 is 2.68 bits per heavy atom. The van der Waals surface area contributed by atoms with Crippen molar-refractivity contribution in [3.05, 3.63) is 52.4 Å². The summed E-state index contributed by atoms with van der Waals surface area (Å²) in [6, 6.07) is 7.70. The third-order valence-electron chi connectivity index (χ3n) is 5.07. The Bertz CT molecular complexity index is 882. The summed E-state index contributed by atoms with van der Waals surface area (Å²) in [5.41, 5.74) is 0. The van der Waals surface area contributed by atoms with Crippen molar-refractivity contribution in [3.63, 3.8) is 0 Å². The molecule has 4 heterocycles. The molecule has 28 heavy (non-hydrogen) atoms. The van der Waals surface area contributed by atoms with Crippen molar-refractivity contribution in [2.75, 3.05) is 26.2 Å². The Balaban J connectivity index is 1.46. The number of carbonyl (C=O) groups excluding carboxylic acids is 1. The molecule has 3 aromatic heterocycles. The predicted molar refractivity (Wildman–Crippen MR) is 105 cm³/mol. The van der Waals surface area contributed by atoms with Crippen LogP contribution < -0.4 is 0 Å². The molecular weight excluding hydrogens is 376 g/mol. The lowest BCUT2D eigenvalue weighted by Gasteiger charge is -2.40. The first-order valence-corrected chi connectivity index (χ1v) is 10.4. The number of furan rings is 1. The molecule has 1 saturated heterocycles. The molecule has 1 atom stereocenters. The zero-order valence-electron chi connectivity index (χ0n) is 16.1. The van der Waals surface area contributed by atoms with Crippen LogP contribution >= 0.6 is 11.3 Å². The van der Waals surface area contributed by atoms with Crippen LogP contribution in [0.5, 0.6) is 0 Å². The zero-order valence-corrected chi connectivity index (χ0v) is 16.9. The molecule has 8 nitrogen and oxygen atoms in total. The summed E-state index contributed by atoms with van der Waals surface area (Å²) in [4.78, 5) is 18.0. The summed E-state index contributed by atoms with van der Waals surface area (Å²) in [5.74, 6) is 1.58. The number of amides is 1. The Morgan fingerprint density at radius 2 is 2.04 bits per heavy atom. The van der Waals surface area contributed by atoms with Gasteiger partial charge < -0.3 is 9.32 Å². The van der Waals surface area contributed by atoms with Gasteiger partial charge in [0.05, 0.1) is 18.8 Å². The van der Waals surface area contributed by atoms with Gasteiger partial charge in [-0.1, -0.05) is 19.9 Å². The summed E-state index contributed by atoms with van der Waals surface area (Å²) >= 11 is 1.70. The summed E-state index contributed by atoms with van der Waals surface area (Å²) in [6.07, 6.45) is 1.53. The fourth-order valence-electron chi connectivity index (χ4n) is 3.73. The SMILES string of the molecule is CC(C)[C@H](c1nnnn1Cc1cccs1)N1CCN(C(=O)c2ccco2)CC1. The van der Waals surface area contributed by atoms with Gasteiger partial charge in [0.2, 0.25) is 0 Å². The Hall–Kier alpha value is -2.52. The molecule has 0 aromatic carbocycles. The van der Waals surface area contributed by atoms with Crippen LogP contribution in [-0.2, 0) is 6.54 Å². The summed E-state index contributed by atoms with van der Waals surface area (Å²) < 4.78 is 7.15. The maximum atomic E-state index is 12.5. The molecule has 1 amide bonds. The molecule has 0 aliphatic carbocycles. The second kappa shape index (κ2) is 8.24. The Kier molecular flexibility index (Phi) is 5.54. The van der Waals surface area contributed by atoms with E-state index in [1.54, 1.807) is 23.5 Å². The van der Waals surface area contributed by atoms with Crippen molar-refractivity contribution < 1.29 is 9.21 Å². The number of thiophene rings is 1. The van der Waals surface area contributed by atoms with E-state index in [1.807, 2.05) is 15.6 Å². The number of nitrogens with zero attached hydrogens (tertiary/aromatic N) is 6. The zero-order chi connectivity index (χ0) is 19.5. The average Bonchev–Trinajstić information content (AvgIpc) is 3.46. The maximum absolute atomic E-state index is 12.5. The third kappa shape index (κ3) is 3.85. The van der Waals surface area contributed by atoms with E-state index in [0.717, 1.165) is 18.9 Å². The van der Waals surface area contributed by atoms with E-state index in [1.165, 1.54) is 11.1 Å². The molecule has 0 radical (unpaired) electrons. The monoisotopic (exact) mass is 400 g/mol. The highest BCUT2D eigenvalue weighted by Gasteiger charge is 2.33. The smallest absolute Gasteiger partial charge is 0.289 e. The van der Waals surface area contributed by atoms with Gasteiger partial charge in [-0.05, 0) is 39.9 Å². The first-order valence-electron chi connectivity index (χ1n) is 9.48. The topological polar surface area (TPSA) is 80.3 Å². The van der Waals surface area contributed by atoms with E-state index in [0.29, 0.717) is 31.3 Å². The second-order valence-electron chi connectivity index (χ2n) is 7.27. The Labute approximate surface area is 167 Å². The van der Waals surface area contributed by atoms with E-state index in [2.05, 4.69) is 45.7 Å². The van der Waals surface area contributed by atoms with Gasteiger partial charge in [0.15, 0.2) is 11.6 Å². The molecule has 0 bridgehead atoms. The van der Waals surface area contributed by atoms with Crippen LogP contribution in [0.3, 0.4) is 0 Å². The van der Waals surface area contributed by atoms with Crippen molar-refractivity contribution >= 4 is 17.2 Å². The van der Waals surface area contributed by atoms with Gasteiger partial charge in [-0.25, -0.2) is 4.68 Å². The van der Waals surface area contributed by atoms with Crippen LogP contribution in [0.2, 0.25) is 0 Å². The van der Waals surface area contributed by atoms with Crippen molar-refractivity contribution in [2.24, 2.45) is 5.92 Å². The molecule has 1 fully saturated rings. The normalized spacial score (nSPS) is 16.6. The Morgan fingerprint density at radius 1 is 1.21 bits per heavy atom. The van der Waals surface area contributed by atoms with Crippen LogP contribution in [0.4, 0.5) is 0 Å². The van der Waals surface area contributed by atoms with Crippen molar-refractivity contribution in [3.8, 4) is 0 Å². The maximum Gasteiger partial charge on any atom is 0.289 e.